The molecule has 0 spiro atoms. The Morgan fingerprint density at radius 3 is 1.85 bits per heavy atom. The zero-order chi connectivity index (χ0) is 10.3. The van der Waals surface area contributed by atoms with Crippen molar-refractivity contribution >= 4 is 10.2 Å². The van der Waals surface area contributed by atoms with E-state index in [4.69, 9.17) is 0 Å². The van der Waals surface area contributed by atoms with E-state index in [-0.39, 0.29) is 5.29 Å². The predicted octanol–water partition coefficient (Wildman–Crippen LogP) is -0.777. The second-order valence-electron chi connectivity index (χ2n) is 3.54. The van der Waals surface area contributed by atoms with E-state index in [1.54, 1.807) is 0 Å². The lowest BCUT2D eigenvalue weighted by Crippen LogP contribution is -2.67. The van der Waals surface area contributed by atoms with Crippen LogP contribution in [0.15, 0.2) is 0 Å². The van der Waals surface area contributed by atoms with Gasteiger partial charge in [0.25, 0.3) is 0 Å². The van der Waals surface area contributed by atoms with Crippen LogP contribution in [0, 0.1) is 0 Å². The number of hydrogen-bond acceptors (Lipinski definition) is 3. The highest BCUT2D eigenvalue weighted by molar-refractivity contribution is 6.15. The molecule has 13 heavy (non-hydrogen) atoms. The molecule has 0 aromatic rings. The van der Waals surface area contributed by atoms with Crippen molar-refractivity contribution in [2.24, 2.45) is 0 Å². The van der Waals surface area contributed by atoms with Crippen LogP contribution in [-0.2, 0) is 0 Å². The molecule has 0 aromatic carbocycles. The highest BCUT2D eigenvalue weighted by Gasteiger charge is 2.27. The molecule has 0 bridgehead atoms. The third-order valence-corrected chi connectivity index (χ3v) is 4.04. The number of rotatable bonds is 7. The molecule has 0 heterocycles. The maximum Gasteiger partial charge on any atom is 0.0622 e. The fourth-order valence-electron chi connectivity index (χ4n) is 1.61. The molecule has 80 valence electrons. The molecule has 0 radical (unpaired) electrons. The molecular weight excluding hydrogens is 178 g/mol. The van der Waals surface area contributed by atoms with Crippen LogP contribution in [0.25, 0.3) is 0 Å². The Morgan fingerprint density at radius 2 is 1.54 bits per heavy atom. The Kier molecular flexibility index (Phi) is 6.58. The zero-order valence-corrected chi connectivity index (χ0v) is 11.7. The van der Waals surface area contributed by atoms with Crippen molar-refractivity contribution in [1.82, 2.24) is 16.0 Å². The highest BCUT2D eigenvalue weighted by atomic mass is 28.1. The van der Waals surface area contributed by atoms with Crippen molar-refractivity contribution in [3.05, 3.63) is 0 Å². The van der Waals surface area contributed by atoms with Gasteiger partial charge < -0.3 is 16.0 Å². The Bertz CT molecular complexity index is 124. The van der Waals surface area contributed by atoms with Crippen molar-refractivity contribution in [1.29, 1.82) is 0 Å². The van der Waals surface area contributed by atoms with Crippen LogP contribution in [0.1, 0.15) is 27.7 Å². The van der Waals surface area contributed by atoms with E-state index in [9.17, 15) is 0 Å². The maximum absolute atomic E-state index is 3.53. The molecule has 1 unspecified atom stereocenters. The summed E-state index contributed by atoms with van der Waals surface area (Å²) in [5, 5.41) is 10.7. The lowest BCUT2D eigenvalue weighted by molar-refractivity contribution is 0.298. The molecule has 3 N–H and O–H groups in total. The van der Waals surface area contributed by atoms with Gasteiger partial charge in [-0.15, -0.1) is 0 Å². The average molecular weight is 203 g/mol. The van der Waals surface area contributed by atoms with E-state index in [1.165, 1.54) is 0 Å². The van der Waals surface area contributed by atoms with Crippen LogP contribution in [0.2, 0.25) is 0 Å². The van der Waals surface area contributed by atoms with E-state index in [0.717, 1.165) is 29.9 Å². The summed E-state index contributed by atoms with van der Waals surface area (Å²) in [6, 6.07) is 0.490. The van der Waals surface area contributed by atoms with Crippen LogP contribution in [-0.4, -0.2) is 41.2 Å². The molecular formula is C9H25N3Si. The topological polar surface area (TPSA) is 36.1 Å². The molecule has 0 aliphatic rings. The first-order valence-electron chi connectivity index (χ1n) is 5.34. The molecule has 0 fully saturated rings. The van der Waals surface area contributed by atoms with E-state index in [2.05, 4.69) is 43.6 Å². The van der Waals surface area contributed by atoms with E-state index < -0.39 is 0 Å². The normalized spacial score (nSPS) is 14.8. The summed E-state index contributed by atoms with van der Waals surface area (Å²) >= 11 is 0. The van der Waals surface area contributed by atoms with Crippen LogP contribution < -0.4 is 16.0 Å². The van der Waals surface area contributed by atoms with Gasteiger partial charge in [-0.25, -0.2) is 0 Å². The Labute approximate surface area is 85.5 Å². The van der Waals surface area contributed by atoms with Crippen molar-refractivity contribution in [2.75, 3.05) is 19.6 Å². The van der Waals surface area contributed by atoms with Crippen LogP contribution in [0.3, 0.4) is 0 Å². The lowest BCUT2D eigenvalue weighted by atomic mass is 10.2. The van der Waals surface area contributed by atoms with Crippen molar-refractivity contribution in [3.63, 3.8) is 0 Å². The van der Waals surface area contributed by atoms with Gasteiger partial charge in [-0.2, -0.15) is 0 Å². The first-order valence-corrected chi connectivity index (χ1v) is 6.34. The average Bonchev–Trinajstić information content (AvgIpc) is 2.05. The molecule has 0 aromatic heterocycles. The fourth-order valence-corrected chi connectivity index (χ4v) is 2.52. The van der Waals surface area contributed by atoms with Gasteiger partial charge in [0.15, 0.2) is 0 Å². The highest BCUT2D eigenvalue weighted by Crippen LogP contribution is 2.01. The second kappa shape index (κ2) is 6.54. The number of nitrogens with one attached hydrogen (secondary N) is 3. The minimum atomic E-state index is 0.138. The van der Waals surface area contributed by atoms with Gasteiger partial charge in [-0.3, -0.25) is 0 Å². The monoisotopic (exact) mass is 203 g/mol. The molecule has 3 nitrogen and oxygen atoms in total. The fraction of sp³-hybridized carbons (Fsp3) is 1.00. The van der Waals surface area contributed by atoms with Crippen molar-refractivity contribution in [2.45, 2.75) is 39.0 Å². The first-order chi connectivity index (χ1) is 6.10. The summed E-state index contributed by atoms with van der Waals surface area (Å²) in [7, 11) is 1.10. The summed E-state index contributed by atoms with van der Waals surface area (Å²) in [6.07, 6.45) is 0. The largest absolute Gasteiger partial charge is 0.312 e. The minimum absolute atomic E-state index is 0.138. The zero-order valence-electron chi connectivity index (χ0n) is 9.70. The van der Waals surface area contributed by atoms with Gasteiger partial charge in [-0.1, -0.05) is 20.8 Å². The summed E-state index contributed by atoms with van der Waals surface area (Å²) in [6.45, 7) is 11.8. The SMILES string of the molecule is CCNC(C)C([SiH3])(NCC)NCC. The third-order valence-electron chi connectivity index (χ3n) is 2.46. The molecule has 1 atom stereocenters. The number of hydrogen-bond donors (Lipinski definition) is 3. The van der Waals surface area contributed by atoms with Crippen LogP contribution >= 0.6 is 0 Å². The summed E-state index contributed by atoms with van der Waals surface area (Å²) < 4.78 is 0. The van der Waals surface area contributed by atoms with Crippen LogP contribution in [0.5, 0.6) is 0 Å². The molecule has 0 saturated heterocycles. The summed E-state index contributed by atoms with van der Waals surface area (Å²) in [5.74, 6) is 0. The van der Waals surface area contributed by atoms with E-state index in [1.807, 2.05) is 0 Å². The quantitative estimate of drug-likeness (QED) is 0.375. The van der Waals surface area contributed by atoms with Gasteiger partial charge in [0.2, 0.25) is 0 Å². The van der Waals surface area contributed by atoms with Gasteiger partial charge in [0.05, 0.1) is 5.29 Å². The molecule has 0 aliphatic carbocycles. The van der Waals surface area contributed by atoms with E-state index >= 15 is 0 Å². The summed E-state index contributed by atoms with van der Waals surface area (Å²) in [5.41, 5.74) is 0. The standard InChI is InChI=1S/C9H25N3Si/c1-5-10-8(4)9(13,11-6-2)12-7-3/h8,10-12H,5-7H2,1-4,13H3. The van der Waals surface area contributed by atoms with Gasteiger partial charge in [-0.05, 0) is 26.6 Å². The van der Waals surface area contributed by atoms with E-state index in [0.29, 0.717) is 6.04 Å². The molecule has 0 saturated carbocycles. The second-order valence-corrected chi connectivity index (χ2v) is 5.12. The Morgan fingerprint density at radius 1 is 1.08 bits per heavy atom. The van der Waals surface area contributed by atoms with Gasteiger partial charge >= 0.3 is 0 Å². The molecule has 4 heteroatoms. The lowest BCUT2D eigenvalue weighted by Gasteiger charge is -2.38. The van der Waals surface area contributed by atoms with Crippen LogP contribution in [0.4, 0.5) is 0 Å². The van der Waals surface area contributed by atoms with Gasteiger partial charge in [0, 0.05) is 16.3 Å². The molecule has 0 amide bonds. The van der Waals surface area contributed by atoms with Crippen molar-refractivity contribution < 1.29 is 0 Å². The Balaban J connectivity index is 4.18. The smallest absolute Gasteiger partial charge is 0.0622 e. The molecule has 0 aliphatic heterocycles. The maximum atomic E-state index is 3.53. The third kappa shape index (κ3) is 4.22. The first kappa shape index (κ1) is 13.1. The predicted molar refractivity (Wildman–Crippen MR) is 63.2 cm³/mol. The number of likely N-dealkylation sites (N-methyl/N-ethyl adjacent to an activating group) is 3. The van der Waals surface area contributed by atoms with Crippen molar-refractivity contribution in [3.8, 4) is 0 Å². The minimum Gasteiger partial charge on any atom is -0.312 e. The Hall–Kier alpha value is 0.0969. The molecule has 0 rings (SSSR count). The summed E-state index contributed by atoms with van der Waals surface area (Å²) in [4.78, 5) is 0. The van der Waals surface area contributed by atoms with Gasteiger partial charge in [0.1, 0.15) is 0 Å².